The second-order valence-electron chi connectivity index (χ2n) is 7.28. The maximum atomic E-state index is 9.55. The molecule has 0 aliphatic carbocycles. The lowest BCUT2D eigenvalue weighted by Gasteiger charge is -2.21. The largest absolute Gasteiger partial charge is 0.508 e. The second-order valence-corrected chi connectivity index (χ2v) is 7.50. The molecule has 168 valence electrons. The van der Waals surface area contributed by atoms with Crippen molar-refractivity contribution in [3.63, 3.8) is 0 Å². The van der Waals surface area contributed by atoms with Crippen molar-refractivity contribution in [3.8, 4) is 17.2 Å². The summed E-state index contributed by atoms with van der Waals surface area (Å²) in [5, 5.41) is 19.7. The summed E-state index contributed by atoms with van der Waals surface area (Å²) in [6.45, 7) is 3.17. The number of hydrazone groups is 1. The van der Waals surface area contributed by atoms with Crippen LogP contribution in [0, 0.1) is 0 Å². The van der Waals surface area contributed by atoms with Gasteiger partial charge in [-0.1, -0.05) is 31.0 Å². The number of imidazole rings is 1. The van der Waals surface area contributed by atoms with Crippen LogP contribution in [0.5, 0.6) is 17.2 Å². The zero-order valence-corrected chi connectivity index (χ0v) is 18.4. The number of nitrogens with zero attached hydrogens (tertiary/aromatic N) is 4. The Morgan fingerprint density at radius 1 is 1.16 bits per heavy atom. The van der Waals surface area contributed by atoms with Crippen LogP contribution in [0.3, 0.4) is 0 Å². The summed E-state index contributed by atoms with van der Waals surface area (Å²) in [5.74, 6) is 2.39. The lowest BCUT2D eigenvalue weighted by atomic mass is 10.2. The van der Waals surface area contributed by atoms with Crippen molar-refractivity contribution in [1.82, 2.24) is 24.6 Å². The van der Waals surface area contributed by atoms with Crippen LogP contribution in [0.2, 0.25) is 0 Å². The SMILES string of the molecule is Oc1ccc(CN(CCCNCc2ccc3c(c2)OCO3)/N=C(\NS)n2ccnc2)cc1. The van der Waals surface area contributed by atoms with Crippen molar-refractivity contribution in [2.24, 2.45) is 5.10 Å². The first-order valence-electron chi connectivity index (χ1n) is 10.3. The Bertz CT molecular complexity index is 1030. The summed E-state index contributed by atoms with van der Waals surface area (Å²) in [6.07, 6.45) is 6.03. The van der Waals surface area contributed by atoms with Gasteiger partial charge in [-0.2, -0.15) is 0 Å². The zero-order chi connectivity index (χ0) is 22.2. The summed E-state index contributed by atoms with van der Waals surface area (Å²) in [5.41, 5.74) is 2.19. The Morgan fingerprint density at radius 2 is 1.97 bits per heavy atom. The molecule has 1 aliphatic rings. The van der Waals surface area contributed by atoms with Crippen LogP contribution < -0.4 is 19.5 Å². The van der Waals surface area contributed by atoms with Crippen molar-refractivity contribution >= 4 is 18.8 Å². The third-order valence-electron chi connectivity index (χ3n) is 4.92. The van der Waals surface area contributed by atoms with Gasteiger partial charge in [0.15, 0.2) is 11.5 Å². The highest BCUT2D eigenvalue weighted by atomic mass is 32.1. The van der Waals surface area contributed by atoms with Gasteiger partial charge in [-0.15, -0.1) is 5.10 Å². The van der Waals surface area contributed by atoms with Gasteiger partial charge >= 0.3 is 0 Å². The number of benzene rings is 2. The summed E-state index contributed by atoms with van der Waals surface area (Å²) >= 11 is 4.19. The van der Waals surface area contributed by atoms with Gasteiger partial charge < -0.3 is 24.6 Å². The topological polar surface area (TPSA) is 96.2 Å². The molecule has 10 heteroatoms. The molecule has 4 rings (SSSR count). The maximum Gasteiger partial charge on any atom is 0.235 e. The molecule has 0 fully saturated rings. The number of fused-ring (bicyclic) bond motifs is 1. The number of hydrogen-bond donors (Lipinski definition) is 4. The van der Waals surface area contributed by atoms with Gasteiger partial charge in [0.2, 0.25) is 12.8 Å². The molecule has 9 nitrogen and oxygen atoms in total. The average Bonchev–Trinajstić information content (AvgIpc) is 3.50. The molecular weight excluding hydrogens is 428 g/mol. The summed E-state index contributed by atoms with van der Waals surface area (Å²) in [4.78, 5) is 4.06. The molecule has 0 spiro atoms. The first-order valence-corrected chi connectivity index (χ1v) is 10.7. The van der Waals surface area contributed by atoms with E-state index in [-0.39, 0.29) is 12.5 Å². The van der Waals surface area contributed by atoms with E-state index < -0.39 is 0 Å². The number of ether oxygens (including phenoxy) is 2. The highest BCUT2D eigenvalue weighted by Crippen LogP contribution is 2.32. The molecule has 2 aromatic carbocycles. The smallest absolute Gasteiger partial charge is 0.235 e. The molecule has 0 radical (unpaired) electrons. The number of nitrogens with one attached hydrogen (secondary N) is 2. The van der Waals surface area contributed by atoms with Crippen LogP contribution in [0.1, 0.15) is 17.5 Å². The fourth-order valence-corrected chi connectivity index (χ4v) is 3.46. The highest BCUT2D eigenvalue weighted by molar-refractivity contribution is 7.78. The monoisotopic (exact) mass is 454 g/mol. The number of phenolic OH excluding ortho intramolecular Hbond substituents is 1. The van der Waals surface area contributed by atoms with Crippen LogP contribution in [-0.2, 0) is 13.1 Å². The fourth-order valence-electron chi connectivity index (χ4n) is 3.30. The van der Waals surface area contributed by atoms with Gasteiger partial charge in [0.1, 0.15) is 12.1 Å². The van der Waals surface area contributed by atoms with E-state index in [1.807, 2.05) is 35.3 Å². The van der Waals surface area contributed by atoms with E-state index in [0.29, 0.717) is 12.5 Å². The van der Waals surface area contributed by atoms with E-state index in [2.05, 4.69) is 27.8 Å². The number of aromatic nitrogens is 2. The predicted octanol–water partition coefficient (Wildman–Crippen LogP) is 2.55. The van der Waals surface area contributed by atoms with Gasteiger partial charge in [0.05, 0.1) is 6.54 Å². The van der Waals surface area contributed by atoms with Crippen LogP contribution in [0.4, 0.5) is 0 Å². The van der Waals surface area contributed by atoms with Gasteiger partial charge in [-0.25, -0.2) is 4.98 Å². The first-order chi connectivity index (χ1) is 15.7. The molecule has 0 saturated carbocycles. The fraction of sp³-hybridized carbons (Fsp3) is 0.273. The molecule has 0 amide bonds. The highest BCUT2D eigenvalue weighted by Gasteiger charge is 2.13. The van der Waals surface area contributed by atoms with Gasteiger partial charge in [-0.3, -0.25) is 9.58 Å². The number of thiol groups is 1. The quantitative estimate of drug-likeness (QED) is 0.130. The minimum atomic E-state index is 0.243. The van der Waals surface area contributed by atoms with Gasteiger partial charge in [0.25, 0.3) is 0 Å². The molecule has 1 aliphatic heterocycles. The van der Waals surface area contributed by atoms with Crippen molar-refractivity contribution in [2.75, 3.05) is 19.9 Å². The molecule has 0 saturated heterocycles. The minimum absolute atomic E-state index is 0.243. The van der Waals surface area contributed by atoms with Crippen molar-refractivity contribution in [1.29, 1.82) is 0 Å². The average molecular weight is 455 g/mol. The van der Waals surface area contributed by atoms with Crippen molar-refractivity contribution in [3.05, 3.63) is 72.3 Å². The molecule has 32 heavy (non-hydrogen) atoms. The number of rotatable bonds is 9. The second kappa shape index (κ2) is 10.8. The molecule has 2 heterocycles. The van der Waals surface area contributed by atoms with Crippen molar-refractivity contribution in [2.45, 2.75) is 19.5 Å². The maximum absolute atomic E-state index is 9.55. The standard InChI is InChI=1S/C22H26N6O3S/c29-19-5-2-17(3-6-19)14-28(25-22(26-32)27-11-9-24-15-27)10-1-8-23-13-18-4-7-20-21(12-18)31-16-30-20/h2-7,9,11-12,15,23,29,32H,1,8,10,13-14,16H2,(H,25,26). The molecule has 3 aromatic rings. The van der Waals surface area contributed by atoms with Crippen LogP contribution in [0.25, 0.3) is 0 Å². The van der Waals surface area contributed by atoms with E-state index in [1.165, 1.54) is 0 Å². The third-order valence-corrected chi connectivity index (χ3v) is 5.12. The van der Waals surface area contributed by atoms with Crippen LogP contribution >= 0.6 is 12.8 Å². The predicted molar refractivity (Wildman–Crippen MR) is 125 cm³/mol. The molecule has 0 unspecified atom stereocenters. The van der Waals surface area contributed by atoms with Crippen molar-refractivity contribution < 1.29 is 14.6 Å². The molecular formula is C22H26N6O3S. The van der Waals surface area contributed by atoms with E-state index in [0.717, 1.165) is 48.7 Å². The Kier molecular flexibility index (Phi) is 7.36. The van der Waals surface area contributed by atoms with E-state index in [4.69, 9.17) is 14.6 Å². The molecule has 3 N–H and O–H groups in total. The Morgan fingerprint density at radius 3 is 2.75 bits per heavy atom. The Labute approximate surface area is 192 Å². The summed E-state index contributed by atoms with van der Waals surface area (Å²) < 4.78 is 15.4. The lowest BCUT2D eigenvalue weighted by Crippen LogP contribution is -2.29. The number of hydrogen-bond acceptors (Lipinski definition) is 8. The zero-order valence-electron chi connectivity index (χ0n) is 17.5. The number of phenols is 1. The van der Waals surface area contributed by atoms with E-state index >= 15 is 0 Å². The molecule has 1 aromatic heterocycles. The Balaban J connectivity index is 1.33. The Hall–Kier alpha value is -3.37. The molecule has 0 bridgehead atoms. The summed E-state index contributed by atoms with van der Waals surface area (Å²) in [7, 11) is 0. The van der Waals surface area contributed by atoms with E-state index in [1.54, 1.807) is 35.4 Å². The third kappa shape index (κ3) is 5.86. The number of aromatic hydroxyl groups is 1. The first kappa shape index (κ1) is 21.8. The van der Waals surface area contributed by atoms with E-state index in [9.17, 15) is 5.11 Å². The normalized spacial score (nSPS) is 12.7. The minimum Gasteiger partial charge on any atom is -0.508 e. The van der Waals surface area contributed by atoms with Crippen LogP contribution in [-0.4, -0.2) is 45.5 Å². The van der Waals surface area contributed by atoms with Gasteiger partial charge in [-0.05, 0) is 48.4 Å². The molecule has 0 atom stereocenters. The van der Waals surface area contributed by atoms with Gasteiger partial charge in [0, 0.05) is 25.5 Å². The van der Waals surface area contributed by atoms with Crippen LogP contribution in [0.15, 0.2) is 66.3 Å². The summed E-state index contributed by atoms with van der Waals surface area (Å²) in [6, 6.07) is 13.1. The lowest BCUT2D eigenvalue weighted by molar-refractivity contribution is 0.174.